The molecule has 0 aliphatic rings. The Morgan fingerprint density at radius 3 is 2.76 bits per heavy atom. The standard InChI is InChI=1S/C13H20N2O2/c1-4-17-13-8-11(7-9(2)14)5-6-12(13)15-10(3)16/h5-6,8-9H,4,7,14H2,1-3H3,(H,15,16). The molecule has 0 saturated heterocycles. The molecule has 0 fully saturated rings. The average Bonchev–Trinajstić information content (AvgIpc) is 2.21. The van der Waals surface area contributed by atoms with Crippen molar-refractivity contribution < 1.29 is 9.53 Å². The molecule has 0 radical (unpaired) electrons. The number of hydrogen-bond acceptors (Lipinski definition) is 3. The smallest absolute Gasteiger partial charge is 0.221 e. The molecule has 0 heterocycles. The second-order valence-electron chi connectivity index (χ2n) is 4.13. The topological polar surface area (TPSA) is 64.3 Å². The second kappa shape index (κ2) is 6.25. The second-order valence-corrected chi connectivity index (χ2v) is 4.13. The number of nitrogens with two attached hydrogens (primary N) is 1. The van der Waals surface area contributed by atoms with Gasteiger partial charge in [0.2, 0.25) is 5.91 Å². The fourth-order valence-corrected chi connectivity index (χ4v) is 1.63. The first-order chi connectivity index (χ1) is 8.02. The molecular formula is C13H20N2O2. The maximum Gasteiger partial charge on any atom is 0.221 e. The zero-order valence-corrected chi connectivity index (χ0v) is 10.6. The summed E-state index contributed by atoms with van der Waals surface area (Å²) >= 11 is 0. The van der Waals surface area contributed by atoms with Crippen LogP contribution in [-0.4, -0.2) is 18.6 Å². The number of amides is 1. The van der Waals surface area contributed by atoms with Gasteiger partial charge in [0.05, 0.1) is 12.3 Å². The minimum absolute atomic E-state index is 0.106. The van der Waals surface area contributed by atoms with Gasteiger partial charge in [0.15, 0.2) is 0 Å². The van der Waals surface area contributed by atoms with Gasteiger partial charge in [-0.25, -0.2) is 0 Å². The molecule has 1 aromatic carbocycles. The Morgan fingerprint density at radius 2 is 2.24 bits per heavy atom. The van der Waals surface area contributed by atoms with Crippen LogP contribution in [0.25, 0.3) is 0 Å². The number of carbonyl (C=O) groups excluding carboxylic acids is 1. The first-order valence-electron chi connectivity index (χ1n) is 5.81. The highest BCUT2D eigenvalue weighted by Gasteiger charge is 2.07. The third kappa shape index (κ3) is 4.44. The van der Waals surface area contributed by atoms with Crippen LogP contribution in [-0.2, 0) is 11.2 Å². The highest BCUT2D eigenvalue weighted by atomic mass is 16.5. The molecule has 1 aromatic rings. The molecule has 3 N–H and O–H groups in total. The summed E-state index contributed by atoms with van der Waals surface area (Å²) in [6.45, 7) is 5.91. The van der Waals surface area contributed by atoms with Crippen molar-refractivity contribution in [2.45, 2.75) is 33.2 Å². The van der Waals surface area contributed by atoms with Gasteiger partial charge in [-0.3, -0.25) is 4.79 Å². The number of hydrogen-bond donors (Lipinski definition) is 2. The van der Waals surface area contributed by atoms with Crippen LogP contribution in [0.4, 0.5) is 5.69 Å². The maximum atomic E-state index is 11.0. The Kier molecular flexibility index (Phi) is 4.97. The molecule has 94 valence electrons. The van der Waals surface area contributed by atoms with Gasteiger partial charge in [-0.05, 0) is 38.0 Å². The largest absolute Gasteiger partial charge is 0.492 e. The van der Waals surface area contributed by atoms with E-state index >= 15 is 0 Å². The van der Waals surface area contributed by atoms with E-state index in [1.54, 1.807) is 0 Å². The molecule has 4 nitrogen and oxygen atoms in total. The zero-order valence-electron chi connectivity index (χ0n) is 10.6. The van der Waals surface area contributed by atoms with Crippen molar-refractivity contribution in [3.8, 4) is 5.75 Å². The van der Waals surface area contributed by atoms with Crippen molar-refractivity contribution in [3.63, 3.8) is 0 Å². The highest BCUT2D eigenvalue weighted by molar-refractivity contribution is 5.90. The van der Waals surface area contributed by atoms with Crippen molar-refractivity contribution >= 4 is 11.6 Å². The lowest BCUT2D eigenvalue weighted by Gasteiger charge is -2.13. The summed E-state index contributed by atoms with van der Waals surface area (Å²) in [5.74, 6) is 0.590. The SMILES string of the molecule is CCOc1cc(CC(C)N)ccc1NC(C)=O. The van der Waals surface area contributed by atoms with Crippen molar-refractivity contribution in [1.82, 2.24) is 0 Å². The van der Waals surface area contributed by atoms with Gasteiger partial charge in [0, 0.05) is 13.0 Å². The number of carbonyl (C=O) groups is 1. The van der Waals surface area contributed by atoms with Gasteiger partial charge in [0.1, 0.15) is 5.75 Å². The lowest BCUT2D eigenvalue weighted by molar-refractivity contribution is -0.114. The Bertz CT molecular complexity index is 389. The summed E-state index contributed by atoms with van der Waals surface area (Å²) in [7, 11) is 0. The fraction of sp³-hybridized carbons (Fsp3) is 0.462. The van der Waals surface area contributed by atoms with Crippen LogP contribution in [0.15, 0.2) is 18.2 Å². The van der Waals surface area contributed by atoms with E-state index in [4.69, 9.17) is 10.5 Å². The quantitative estimate of drug-likeness (QED) is 0.821. The normalized spacial score (nSPS) is 12.0. The first-order valence-corrected chi connectivity index (χ1v) is 5.81. The van der Waals surface area contributed by atoms with E-state index < -0.39 is 0 Å². The van der Waals surface area contributed by atoms with E-state index in [0.717, 1.165) is 12.0 Å². The lowest BCUT2D eigenvalue weighted by atomic mass is 10.1. The van der Waals surface area contributed by atoms with Crippen LogP contribution >= 0.6 is 0 Å². The first kappa shape index (κ1) is 13.5. The van der Waals surface area contributed by atoms with E-state index in [0.29, 0.717) is 18.0 Å². The van der Waals surface area contributed by atoms with Crippen LogP contribution < -0.4 is 15.8 Å². The van der Waals surface area contributed by atoms with E-state index in [1.165, 1.54) is 6.92 Å². The van der Waals surface area contributed by atoms with Crippen molar-refractivity contribution in [2.75, 3.05) is 11.9 Å². The van der Waals surface area contributed by atoms with Gasteiger partial charge < -0.3 is 15.8 Å². The number of ether oxygens (including phenoxy) is 1. The monoisotopic (exact) mass is 236 g/mol. The average molecular weight is 236 g/mol. The summed E-state index contributed by atoms with van der Waals surface area (Å²) in [5.41, 5.74) is 7.57. The van der Waals surface area contributed by atoms with Crippen LogP contribution in [0, 0.1) is 0 Å². The Labute approximate surface area is 102 Å². The van der Waals surface area contributed by atoms with Crippen LogP contribution in [0.5, 0.6) is 5.75 Å². The number of nitrogens with one attached hydrogen (secondary N) is 1. The fourth-order valence-electron chi connectivity index (χ4n) is 1.63. The summed E-state index contributed by atoms with van der Waals surface area (Å²) < 4.78 is 5.50. The Hall–Kier alpha value is -1.55. The predicted molar refractivity (Wildman–Crippen MR) is 69.3 cm³/mol. The molecular weight excluding hydrogens is 216 g/mol. The molecule has 1 unspecified atom stereocenters. The molecule has 0 aliphatic carbocycles. The molecule has 0 bridgehead atoms. The number of rotatable bonds is 5. The minimum Gasteiger partial charge on any atom is -0.492 e. The molecule has 0 aliphatic heterocycles. The molecule has 17 heavy (non-hydrogen) atoms. The molecule has 1 rings (SSSR count). The molecule has 1 amide bonds. The molecule has 4 heteroatoms. The summed E-state index contributed by atoms with van der Waals surface area (Å²) in [4.78, 5) is 11.0. The maximum absolute atomic E-state index is 11.0. The molecule has 0 saturated carbocycles. The van der Waals surface area contributed by atoms with Gasteiger partial charge in [-0.15, -0.1) is 0 Å². The zero-order chi connectivity index (χ0) is 12.8. The van der Waals surface area contributed by atoms with E-state index in [9.17, 15) is 4.79 Å². The van der Waals surface area contributed by atoms with Gasteiger partial charge >= 0.3 is 0 Å². The number of anilines is 1. The Balaban J connectivity index is 2.94. The van der Waals surface area contributed by atoms with Crippen LogP contribution in [0.2, 0.25) is 0 Å². The third-order valence-corrected chi connectivity index (χ3v) is 2.21. The van der Waals surface area contributed by atoms with E-state index in [1.807, 2.05) is 32.0 Å². The molecule has 0 spiro atoms. The summed E-state index contributed by atoms with van der Waals surface area (Å²) in [6.07, 6.45) is 0.792. The predicted octanol–water partition coefficient (Wildman–Crippen LogP) is 1.93. The lowest BCUT2D eigenvalue weighted by Crippen LogP contribution is -2.18. The summed E-state index contributed by atoms with van der Waals surface area (Å²) in [6, 6.07) is 5.84. The van der Waals surface area contributed by atoms with E-state index in [-0.39, 0.29) is 11.9 Å². The van der Waals surface area contributed by atoms with Crippen LogP contribution in [0.3, 0.4) is 0 Å². The van der Waals surface area contributed by atoms with Gasteiger partial charge in [-0.1, -0.05) is 6.07 Å². The van der Waals surface area contributed by atoms with Gasteiger partial charge in [0.25, 0.3) is 0 Å². The van der Waals surface area contributed by atoms with Gasteiger partial charge in [-0.2, -0.15) is 0 Å². The van der Waals surface area contributed by atoms with Crippen molar-refractivity contribution in [2.24, 2.45) is 5.73 Å². The minimum atomic E-state index is -0.106. The van der Waals surface area contributed by atoms with Crippen LogP contribution in [0.1, 0.15) is 26.3 Å². The Morgan fingerprint density at radius 1 is 1.53 bits per heavy atom. The molecule has 1 atom stereocenters. The summed E-state index contributed by atoms with van der Waals surface area (Å²) in [5, 5.41) is 2.74. The highest BCUT2D eigenvalue weighted by Crippen LogP contribution is 2.26. The number of benzene rings is 1. The third-order valence-electron chi connectivity index (χ3n) is 2.21. The van der Waals surface area contributed by atoms with Crippen molar-refractivity contribution in [1.29, 1.82) is 0 Å². The van der Waals surface area contributed by atoms with Crippen molar-refractivity contribution in [3.05, 3.63) is 23.8 Å². The van der Waals surface area contributed by atoms with E-state index in [2.05, 4.69) is 5.32 Å². The molecule has 0 aromatic heterocycles.